The van der Waals surface area contributed by atoms with Gasteiger partial charge in [0.25, 0.3) is 0 Å². The molecule has 0 unspecified atom stereocenters. The maximum absolute atomic E-state index is 11.6. The van der Waals surface area contributed by atoms with Crippen LogP contribution in [0, 0.1) is 0 Å². The smallest absolute Gasteiger partial charge is 0.222 e. The first kappa shape index (κ1) is 10.2. The molecule has 2 N–H and O–H groups in total. The predicted octanol–water partition coefficient (Wildman–Crippen LogP) is 0.0407. The Kier molecular flexibility index (Phi) is 2.48. The standard InChI is InChI=1S/C10H16N4O/c1-13-9(15)4-3-7(11)10(13)8-5-6-12-14(8)2/h5-7,10H,3-4,11H2,1-2H3/t7-,10-/m0/s1. The summed E-state index contributed by atoms with van der Waals surface area (Å²) in [5, 5.41) is 4.11. The number of carbonyl (C=O) groups is 1. The first-order chi connectivity index (χ1) is 7.11. The molecule has 1 fully saturated rings. The second-order valence-corrected chi connectivity index (χ2v) is 4.03. The molecule has 1 aliphatic rings. The molecule has 1 amide bonds. The van der Waals surface area contributed by atoms with Crippen LogP contribution in [0.4, 0.5) is 0 Å². The fourth-order valence-corrected chi connectivity index (χ4v) is 2.16. The summed E-state index contributed by atoms with van der Waals surface area (Å²) in [5.41, 5.74) is 7.05. The Bertz CT molecular complexity index is 373. The van der Waals surface area contributed by atoms with Gasteiger partial charge in [0, 0.05) is 32.8 Å². The molecular weight excluding hydrogens is 192 g/mol. The maximum atomic E-state index is 11.6. The third kappa shape index (κ3) is 1.63. The van der Waals surface area contributed by atoms with E-state index in [9.17, 15) is 4.79 Å². The molecule has 0 spiro atoms. The fraction of sp³-hybridized carbons (Fsp3) is 0.600. The molecule has 5 heteroatoms. The van der Waals surface area contributed by atoms with Gasteiger partial charge < -0.3 is 10.6 Å². The minimum Gasteiger partial charge on any atom is -0.336 e. The lowest BCUT2D eigenvalue weighted by atomic mass is 9.94. The molecular formula is C10H16N4O. The van der Waals surface area contributed by atoms with Crippen LogP contribution >= 0.6 is 0 Å². The van der Waals surface area contributed by atoms with Crippen LogP contribution in [0.2, 0.25) is 0 Å². The minimum absolute atomic E-state index is 0.00287. The van der Waals surface area contributed by atoms with Crippen LogP contribution in [-0.4, -0.2) is 33.7 Å². The number of nitrogens with two attached hydrogens (primary N) is 1. The molecule has 1 aliphatic heterocycles. The molecule has 2 rings (SSSR count). The summed E-state index contributed by atoms with van der Waals surface area (Å²) in [4.78, 5) is 13.3. The molecule has 0 saturated carbocycles. The molecule has 2 heterocycles. The highest BCUT2D eigenvalue weighted by molar-refractivity contribution is 5.77. The van der Waals surface area contributed by atoms with E-state index in [1.54, 1.807) is 22.8 Å². The summed E-state index contributed by atoms with van der Waals surface area (Å²) in [7, 11) is 3.67. The van der Waals surface area contributed by atoms with Gasteiger partial charge in [-0.25, -0.2) is 0 Å². The molecule has 1 aromatic heterocycles. The van der Waals surface area contributed by atoms with Gasteiger partial charge in [-0.2, -0.15) is 5.10 Å². The molecule has 0 aliphatic carbocycles. The van der Waals surface area contributed by atoms with Crippen LogP contribution in [0.1, 0.15) is 24.6 Å². The Morgan fingerprint density at radius 1 is 1.53 bits per heavy atom. The Morgan fingerprint density at radius 2 is 2.27 bits per heavy atom. The largest absolute Gasteiger partial charge is 0.336 e. The number of hydrogen-bond donors (Lipinski definition) is 1. The highest BCUT2D eigenvalue weighted by Gasteiger charge is 2.33. The van der Waals surface area contributed by atoms with Gasteiger partial charge in [0.05, 0.1) is 11.7 Å². The number of amides is 1. The van der Waals surface area contributed by atoms with E-state index in [0.717, 1.165) is 12.1 Å². The molecule has 0 aromatic carbocycles. The number of aromatic nitrogens is 2. The number of likely N-dealkylation sites (tertiary alicyclic amines) is 1. The van der Waals surface area contributed by atoms with Crippen molar-refractivity contribution in [2.75, 3.05) is 7.05 Å². The SMILES string of the molecule is CN1C(=O)CC[C@H](N)[C@H]1c1ccnn1C. The van der Waals surface area contributed by atoms with Gasteiger partial charge in [-0.05, 0) is 12.5 Å². The first-order valence-electron chi connectivity index (χ1n) is 5.10. The molecule has 82 valence electrons. The van der Waals surface area contributed by atoms with Gasteiger partial charge >= 0.3 is 0 Å². The summed E-state index contributed by atoms with van der Waals surface area (Å²) in [6.07, 6.45) is 3.03. The fourth-order valence-electron chi connectivity index (χ4n) is 2.16. The van der Waals surface area contributed by atoms with Crippen molar-refractivity contribution in [3.8, 4) is 0 Å². The van der Waals surface area contributed by atoms with Crippen molar-refractivity contribution in [1.29, 1.82) is 0 Å². The van der Waals surface area contributed by atoms with Crippen LogP contribution < -0.4 is 5.73 Å². The molecule has 15 heavy (non-hydrogen) atoms. The number of piperidine rings is 1. The third-order valence-electron chi connectivity index (χ3n) is 3.07. The van der Waals surface area contributed by atoms with Gasteiger partial charge in [-0.15, -0.1) is 0 Å². The second kappa shape index (κ2) is 3.66. The Balaban J connectivity index is 2.33. The Morgan fingerprint density at radius 3 is 2.87 bits per heavy atom. The van der Waals surface area contributed by atoms with E-state index in [4.69, 9.17) is 5.73 Å². The average molecular weight is 208 g/mol. The van der Waals surface area contributed by atoms with Crippen molar-refractivity contribution in [2.24, 2.45) is 12.8 Å². The average Bonchev–Trinajstić information content (AvgIpc) is 2.60. The Hall–Kier alpha value is -1.36. The van der Waals surface area contributed by atoms with Crippen molar-refractivity contribution < 1.29 is 4.79 Å². The summed E-state index contributed by atoms with van der Waals surface area (Å²) in [5.74, 6) is 0.155. The van der Waals surface area contributed by atoms with E-state index in [-0.39, 0.29) is 18.0 Å². The molecule has 1 aromatic rings. The number of rotatable bonds is 1. The van der Waals surface area contributed by atoms with Crippen LogP contribution in [0.15, 0.2) is 12.3 Å². The lowest BCUT2D eigenvalue weighted by molar-refractivity contribution is -0.135. The quantitative estimate of drug-likeness (QED) is 0.708. The normalized spacial score (nSPS) is 27.1. The van der Waals surface area contributed by atoms with E-state index in [1.165, 1.54) is 0 Å². The third-order valence-corrected chi connectivity index (χ3v) is 3.07. The number of carbonyl (C=O) groups excluding carboxylic acids is 1. The first-order valence-corrected chi connectivity index (χ1v) is 5.10. The van der Waals surface area contributed by atoms with E-state index < -0.39 is 0 Å². The van der Waals surface area contributed by atoms with E-state index in [1.807, 2.05) is 13.1 Å². The maximum Gasteiger partial charge on any atom is 0.222 e. The van der Waals surface area contributed by atoms with Crippen LogP contribution in [0.3, 0.4) is 0 Å². The number of likely N-dealkylation sites (N-methyl/N-ethyl adjacent to an activating group) is 1. The van der Waals surface area contributed by atoms with Crippen molar-refractivity contribution in [2.45, 2.75) is 24.9 Å². The summed E-state index contributed by atoms with van der Waals surface area (Å²) in [6, 6.07) is 1.88. The molecule has 0 bridgehead atoms. The highest BCUT2D eigenvalue weighted by Crippen LogP contribution is 2.28. The topological polar surface area (TPSA) is 64.2 Å². The van der Waals surface area contributed by atoms with Gasteiger partial charge in [0.2, 0.25) is 5.91 Å². The van der Waals surface area contributed by atoms with Gasteiger partial charge in [0.15, 0.2) is 0 Å². The minimum atomic E-state index is -0.0428. The summed E-state index contributed by atoms with van der Waals surface area (Å²) in [6.45, 7) is 0. The summed E-state index contributed by atoms with van der Waals surface area (Å²) >= 11 is 0. The van der Waals surface area contributed by atoms with Crippen molar-refractivity contribution in [3.63, 3.8) is 0 Å². The summed E-state index contributed by atoms with van der Waals surface area (Å²) < 4.78 is 1.78. The monoisotopic (exact) mass is 208 g/mol. The number of hydrogen-bond acceptors (Lipinski definition) is 3. The number of nitrogens with zero attached hydrogens (tertiary/aromatic N) is 3. The zero-order chi connectivity index (χ0) is 11.0. The van der Waals surface area contributed by atoms with Crippen LogP contribution in [0.5, 0.6) is 0 Å². The lowest BCUT2D eigenvalue weighted by Gasteiger charge is -2.37. The molecule has 1 saturated heterocycles. The molecule has 2 atom stereocenters. The zero-order valence-corrected chi connectivity index (χ0v) is 9.05. The van der Waals surface area contributed by atoms with Crippen LogP contribution in [0.25, 0.3) is 0 Å². The molecule has 0 radical (unpaired) electrons. The van der Waals surface area contributed by atoms with Crippen molar-refractivity contribution in [1.82, 2.24) is 14.7 Å². The van der Waals surface area contributed by atoms with Gasteiger partial charge in [-0.3, -0.25) is 9.48 Å². The zero-order valence-electron chi connectivity index (χ0n) is 9.05. The van der Waals surface area contributed by atoms with E-state index in [2.05, 4.69) is 5.10 Å². The van der Waals surface area contributed by atoms with Gasteiger partial charge in [-0.1, -0.05) is 0 Å². The van der Waals surface area contributed by atoms with E-state index >= 15 is 0 Å². The van der Waals surface area contributed by atoms with E-state index in [0.29, 0.717) is 6.42 Å². The number of aryl methyl sites for hydroxylation is 1. The van der Waals surface area contributed by atoms with Gasteiger partial charge in [0.1, 0.15) is 0 Å². The highest BCUT2D eigenvalue weighted by atomic mass is 16.2. The Labute approximate surface area is 88.8 Å². The van der Waals surface area contributed by atoms with Crippen molar-refractivity contribution in [3.05, 3.63) is 18.0 Å². The predicted molar refractivity (Wildman–Crippen MR) is 55.9 cm³/mol. The van der Waals surface area contributed by atoms with Crippen LogP contribution in [-0.2, 0) is 11.8 Å². The lowest BCUT2D eigenvalue weighted by Crippen LogP contribution is -2.47. The molecule has 5 nitrogen and oxygen atoms in total. The second-order valence-electron chi connectivity index (χ2n) is 4.03. The van der Waals surface area contributed by atoms with Crippen molar-refractivity contribution >= 4 is 5.91 Å².